The Kier molecular flexibility index (Phi) is 5.26. The molecule has 1 aliphatic carbocycles. The molecular formula is C28H21N3O4S. The van der Waals surface area contributed by atoms with E-state index in [-0.39, 0.29) is 28.7 Å². The molecular weight excluding hydrogens is 474 g/mol. The standard InChI is InChI=1S/C28H21N3O4S/c1-2-3-4-13-31-27(34)16-12-11-15(14-19(16)28(31)35)26(33)29-20-9-5-7-17-22(20)25(32)18-8-6-10-21-23(18)24(17)30-36-21/h5-12,14H,2-4,13H2,1H3,(H,29,33). The summed E-state index contributed by atoms with van der Waals surface area (Å²) in [5, 5.41) is 3.69. The average Bonchev–Trinajstić information content (AvgIpc) is 3.43. The van der Waals surface area contributed by atoms with Crippen molar-refractivity contribution in [1.82, 2.24) is 9.27 Å². The van der Waals surface area contributed by atoms with Crippen LogP contribution in [-0.2, 0) is 0 Å². The lowest BCUT2D eigenvalue weighted by Crippen LogP contribution is -2.30. The van der Waals surface area contributed by atoms with Crippen molar-refractivity contribution in [3.8, 4) is 11.3 Å². The molecule has 2 heterocycles. The summed E-state index contributed by atoms with van der Waals surface area (Å²) in [6.07, 6.45) is 2.66. The zero-order chi connectivity index (χ0) is 25.0. The minimum absolute atomic E-state index is 0.170. The molecule has 36 heavy (non-hydrogen) atoms. The van der Waals surface area contributed by atoms with Gasteiger partial charge in [-0.3, -0.25) is 24.1 Å². The van der Waals surface area contributed by atoms with Crippen molar-refractivity contribution in [2.24, 2.45) is 0 Å². The number of anilines is 1. The third-order valence-electron chi connectivity index (χ3n) is 6.76. The number of nitrogens with one attached hydrogen (secondary N) is 1. The van der Waals surface area contributed by atoms with E-state index in [0.717, 1.165) is 35.0 Å². The van der Waals surface area contributed by atoms with Crippen molar-refractivity contribution in [3.05, 3.63) is 82.4 Å². The summed E-state index contributed by atoms with van der Waals surface area (Å²) < 4.78 is 5.51. The highest BCUT2D eigenvalue weighted by Crippen LogP contribution is 2.43. The molecule has 0 fully saturated rings. The van der Waals surface area contributed by atoms with Crippen LogP contribution in [0.3, 0.4) is 0 Å². The molecule has 3 aromatic carbocycles. The third kappa shape index (κ3) is 3.29. The molecule has 1 aromatic heterocycles. The van der Waals surface area contributed by atoms with E-state index in [2.05, 4.69) is 16.6 Å². The molecule has 178 valence electrons. The van der Waals surface area contributed by atoms with Crippen LogP contribution in [0, 0.1) is 0 Å². The van der Waals surface area contributed by atoms with Gasteiger partial charge in [0.15, 0.2) is 5.78 Å². The van der Waals surface area contributed by atoms with E-state index >= 15 is 0 Å². The normalized spacial score (nSPS) is 13.8. The molecule has 6 rings (SSSR count). The predicted octanol–water partition coefficient (Wildman–Crippen LogP) is 5.55. The van der Waals surface area contributed by atoms with Crippen LogP contribution in [0.25, 0.3) is 21.3 Å². The minimum Gasteiger partial charge on any atom is -0.321 e. The first-order valence-corrected chi connectivity index (χ1v) is 12.6. The molecule has 2 aliphatic rings. The Morgan fingerprint density at radius 3 is 2.53 bits per heavy atom. The Balaban J connectivity index is 1.32. The molecule has 8 heteroatoms. The van der Waals surface area contributed by atoms with Crippen LogP contribution in [-0.4, -0.2) is 39.3 Å². The summed E-state index contributed by atoms with van der Waals surface area (Å²) in [6, 6.07) is 15.4. The van der Waals surface area contributed by atoms with Gasteiger partial charge in [0.2, 0.25) is 0 Å². The highest BCUT2D eigenvalue weighted by Gasteiger charge is 2.36. The molecule has 0 atom stereocenters. The van der Waals surface area contributed by atoms with Crippen molar-refractivity contribution in [2.45, 2.75) is 26.2 Å². The van der Waals surface area contributed by atoms with Gasteiger partial charge in [0.05, 0.1) is 32.8 Å². The number of hydrogen-bond acceptors (Lipinski definition) is 6. The van der Waals surface area contributed by atoms with Crippen LogP contribution < -0.4 is 5.32 Å². The first-order valence-electron chi connectivity index (χ1n) is 11.9. The summed E-state index contributed by atoms with van der Waals surface area (Å²) in [6.45, 7) is 2.42. The molecule has 0 saturated heterocycles. The number of hydrogen-bond donors (Lipinski definition) is 1. The molecule has 1 aliphatic heterocycles. The second-order valence-corrected chi connectivity index (χ2v) is 9.76. The number of carbonyl (C=O) groups excluding carboxylic acids is 4. The number of carbonyl (C=O) groups is 4. The van der Waals surface area contributed by atoms with E-state index in [9.17, 15) is 19.2 Å². The SMILES string of the molecule is CCCCCN1C(=O)c2ccc(C(=O)Nc3cccc4c3C(=O)c3cccc5snc-4c35)cc2C1=O. The zero-order valence-corrected chi connectivity index (χ0v) is 20.3. The van der Waals surface area contributed by atoms with Crippen molar-refractivity contribution in [1.29, 1.82) is 0 Å². The van der Waals surface area contributed by atoms with Crippen LogP contribution in [0.5, 0.6) is 0 Å². The van der Waals surface area contributed by atoms with Crippen molar-refractivity contribution < 1.29 is 19.2 Å². The number of amides is 3. The Bertz CT molecular complexity index is 1620. The molecule has 0 unspecified atom stereocenters. The van der Waals surface area contributed by atoms with Crippen LogP contribution in [0.4, 0.5) is 5.69 Å². The van der Waals surface area contributed by atoms with Gasteiger partial charge in [0.25, 0.3) is 17.7 Å². The van der Waals surface area contributed by atoms with Gasteiger partial charge >= 0.3 is 0 Å². The van der Waals surface area contributed by atoms with Gasteiger partial charge in [-0.15, -0.1) is 0 Å². The molecule has 4 aromatic rings. The summed E-state index contributed by atoms with van der Waals surface area (Å²) >= 11 is 1.34. The zero-order valence-electron chi connectivity index (χ0n) is 19.5. The maximum Gasteiger partial charge on any atom is 0.261 e. The largest absolute Gasteiger partial charge is 0.321 e. The van der Waals surface area contributed by atoms with Crippen LogP contribution in [0.2, 0.25) is 0 Å². The highest BCUT2D eigenvalue weighted by molar-refractivity contribution is 7.13. The van der Waals surface area contributed by atoms with Crippen molar-refractivity contribution in [2.75, 3.05) is 11.9 Å². The first-order chi connectivity index (χ1) is 17.5. The van der Waals surface area contributed by atoms with Gasteiger partial charge < -0.3 is 5.32 Å². The molecule has 1 N–H and O–H groups in total. The molecule has 0 saturated carbocycles. The lowest BCUT2D eigenvalue weighted by atomic mass is 9.86. The summed E-state index contributed by atoms with van der Waals surface area (Å²) in [5.41, 5.74) is 3.53. The molecule has 0 radical (unpaired) electrons. The van der Waals surface area contributed by atoms with Gasteiger partial charge in [0, 0.05) is 28.6 Å². The number of imide groups is 1. The van der Waals surface area contributed by atoms with E-state index in [1.165, 1.54) is 34.6 Å². The number of benzene rings is 3. The third-order valence-corrected chi connectivity index (χ3v) is 7.57. The minimum atomic E-state index is -0.467. The molecule has 0 spiro atoms. The van der Waals surface area contributed by atoms with E-state index < -0.39 is 5.91 Å². The van der Waals surface area contributed by atoms with Crippen molar-refractivity contribution >= 4 is 50.8 Å². The quantitative estimate of drug-likeness (QED) is 0.246. The Labute approximate surface area is 210 Å². The van der Waals surface area contributed by atoms with Gasteiger partial charge in [-0.1, -0.05) is 44.0 Å². The fraction of sp³-hybridized carbons (Fsp3) is 0.179. The summed E-state index contributed by atoms with van der Waals surface area (Å²) in [5.74, 6) is -1.34. The Morgan fingerprint density at radius 1 is 0.917 bits per heavy atom. The predicted molar refractivity (Wildman–Crippen MR) is 138 cm³/mol. The van der Waals surface area contributed by atoms with E-state index in [4.69, 9.17) is 0 Å². The first kappa shape index (κ1) is 22.3. The van der Waals surface area contributed by atoms with Gasteiger partial charge in [-0.2, -0.15) is 4.37 Å². The van der Waals surface area contributed by atoms with Crippen LogP contribution in [0.1, 0.15) is 73.2 Å². The van der Waals surface area contributed by atoms with E-state index in [1.54, 1.807) is 18.2 Å². The number of unbranched alkanes of at least 4 members (excludes halogenated alkanes) is 2. The maximum atomic E-state index is 13.4. The molecule has 3 amide bonds. The average molecular weight is 496 g/mol. The van der Waals surface area contributed by atoms with Crippen LogP contribution in [0.15, 0.2) is 54.6 Å². The lowest BCUT2D eigenvalue weighted by Gasteiger charge is -2.19. The Morgan fingerprint density at radius 2 is 1.69 bits per heavy atom. The highest BCUT2D eigenvalue weighted by atomic mass is 32.1. The molecule has 7 nitrogen and oxygen atoms in total. The number of fused-ring (bicyclic) bond motifs is 3. The summed E-state index contributed by atoms with van der Waals surface area (Å²) in [7, 11) is 0. The van der Waals surface area contributed by atoms with Gasteiger partial charge in [-0.05, 0) is 48.3 Å². The number of aromatic nitrogens is 1. The van der Waals surface area contributed by atoms with E-state index in [1.807, 2.05) is 18.2 Å². The lowest BCUT2D eigenvalue weighted by molar-refractivity contribution is 0.0651. The van der Waals surface area contributed by atoms with E-state index in [0.29, 0.717) is 34.5 Å². The van der Waals surface area contributed by atoms with Crippen LogP contribution >= 0.6 is 11.5 Å². The van der Waals surface area contributed by atoms with Gasteiger partial charge in [-0.25, -0.2) is 0 Å². The number of rotatable bonds is 6. The number of ketones is 1. The molecule has 0 bridgehead atoms. The monoisotopic (exact) mass is 495 g/mol. The van der Waals surface area contributed by atoms with Crippen molar-refractivity contribution in [3.63, 3.8) is 0 Å². The fourth-order valence-corrected chi connectivity index (χ4v) is 5.76. The summed E-state index contributed by atoms with van der Waals surface area (Å²) in [4.78, 5) is 53.5. The second kappa shape index (κ2) is 8.49. The smallest absolute Gasteiger partial charge is 0.261 e. The second-order valence-electron chi connectivity index (χ2n) is 8.95. The maximum absolute atomic E-state index is 13.4. The fourth-order valence-electron chi connectivity index (χ4n) is 4.95. The van der Waals surface area contributed by atoms with Gasteiger partial charge in [0.1, 0.15) is 0 Å². The number of nitrogens with zero attached hydrogens (tertiary/aromatic N) is 2. The topological polar surface area (TPSA) is 96.4 Å². The Hall–Kier alpha value is -4.17.